The van der Waals surface area contributed by atoms with Gasteiger partial charge in [0.05, 0.1) is 0 Å². The molecular formula is CHFILi. The third-order valence-electron chi connectivity index (χ3n) is 0. The van der Waals surface area contributed by atoms with E-state index in [4.69, 9.17) is 0 Å². The molecule has 0 aliphatic carbocycles. The molecule has 0 unspecified atom stereocenters. The van der Waals surface area contributed by atoms with Crippen molar-refractivity contribution in [2.45, 2.75) is 0 Å². The van der Waals surface area contributed by atoms with Gasteiger partial charge in [0, 0.05) is 0 Å². The molecule has 0 saturated heterocycles. The molecule has 0 aliphatic heterocycles. The van der Waals surface area contributed by atoms with Gasteiger partial charge in [0.2, 0.25) is 0 Å². The van der Waals surface area contributed by atoms with Gasteiger partial charge in [0.25, 0.3) is 0 Å². The fourth-order valence-electron chi connectivity index (χ4n) is 0. The first-order valence-corrected chi connectivity index (χ1v) is 1.68. The fourth-order valence-corrected chi connectivity index (χ4v) is 0. The second kappa shape index (κ2) is 8.86. The molecule has 0 aromatic carbocycles. The van der Waals surface area contributed by atoms with E-state index >= 15 is 0 Å². The fraction of sp³-hybridized carbons (Fsp3) is 0. The molecule has 0 atom stereocenters. The molecule has 0 amide bonds. The van der Waals surface area contributed by atoms with E-state index in [0.29, 0.717) is 4.68 Å². The van der Waals surface area contributed by atoms with E-state index < -0.39 is 0 Å². The first kappa shape index (κ1) is 8.98. The Morgan fingerprint density at radius 1 is 1.75 bits per heavy atom. The van der Waals surface area contributed by atoms with Gasteiger partial charge in [-0.25, -0.2) is 0 Å². The predicted molar refractivity (Wildman–Crippen MR) is 19.4 cm³/mol. The summed E-state index contributed by atoms with van der Waals surface area (Å²) in [5, 5.41) is 0. The zero-order valence-electron chi connectivity index (χ0n) is 2.33. The maximum absolute atomic E-state index is 10.2. The first-order valence-electron chi connectivity index (χ1n) is 0.436. The third-order valence-corrected chi connectivity index (χ3v) is 0. The summed E-state index contributed by atoms with van der Waals surface area (Å²) in [7, 11) is 0. The quantitative estimate of drug-likeness (QED) is 0.233. The smallest absolute Gasteiger partial charge is 0.448 e. The summed E-state index contributed by atoms with van der Waals surface area (Å²) >= 11 is 1.50. The van der Waals surface area contributed by atoms with Crippen molar-refractivity contribution in [3.63, 3.8) is 0 Å². The van der Waals surface area contributed by atoms with Crippen LogP contribution in [0.25, 0.3) is 0 Å². The molecule has 0 heterocycles. The molecule has 0 spiro atoms. The van der Waals surface area contributed by atoms with Crippen LogP contribution in [0.4, 0.5) is 4.39 Å². The molecule has 0 rings (SSSR count). The van der Waals surface area contributed by atoms with Crippen LogP contribution in [0.1, 0.15) is 0 Å². The number of halogens is 2. The van der Waals surface area contributed by atoms with Crippen LogP contribution >= 0.6 is 22.6 Å². The standard InChI is InChI=1S/CHFI.Li/c2-1-3;/h1H;/q-1;+1. The van der Waals surface area contributed by atoms with Crippen molar-refractivity contribution in [3.05, 3.63) is 4.68 Å². The van der Waals surface area contributed by atoms with Gasteiger partial charge in [-0.15, -0.1) is 4.68 Å². The van der Waals surface area contributed by atoms with Crippen molar-refractivity contribution >= 4 is 22.6 Å². The van der Waals surface area contributed by atoms with Crippen LogP contribution in [-0.2, 0) is 0 Å². The number of hydrogen-bond donors (Lipinski definition) is 0. The maximum Gasteiger partial charge on any atom is 1.00 e. The molecule has 0 nitrogen and oxygen atoms in total. The average Bonchev–Trinajstić information content (AvgIpc) is 0.918. The van der Waals surface area contributed by atoms with Crippen LogP contribution in [-0.4, -0.2) is 0 Å². The Morgan fingerprint density at radius 2 is 1.75 bits per heavy atom. The summed E-state index contributed by atoms with van der Waals surface area (Å²) in [6.45, 7) is 0. The van der Waals surface area contributed by atoms with Crippen LogP contribution in [0.15, 0.2) is 0 Å². The molecule has 0 aromatic heterocycles. The predicted octanol–water partition coefficient (Wildman–Crippen LogP) is -1.49. The Labute approximate surface area is 50.5 Å². The van der Waals surface area contributed by atoms with E-state index in [0.717, 1.165) is 0 Å². The van der Waals surface area contributed by atoms with Crippen LogP contribution < -0.4 is 18.9 Å². The molecule has 0 fully saturated rings. The number of rotatable bonds is 0. The van der Waals surface area contributed by atoms with Gasteiger partial charge >= 0.3 is 18.9 Å². The van der Waals surface area contributed by atoms with E-state index in [9.17, 15) is 4.39 Å². The summed E-state index contributed by atoms with van der Waals surface area (Å²) in [5.74, 6) is 0. The van der Waals surface area contributed by atoms with Gasteiger partial charge in [-0.05, 0) is 0 Å². The van der Waals surface area contributed by atoms with E-state index in [-0.39, 0.29) is 18.9 Å². The minimum atomic E-state index is 0. The summed E-state index contributed by atoms with van der Waals surface area (Å²) < 4.78 is 10.6. The monoisotopic (exact) mass is 166 g/mol. The molecule has 0 saturated carbocycles. The summed E-state index contributed by atoms with van der Waals surface area (Å²) in [4.78, 5) is 0. The SMILES string of the molecule is F[CH-]I.[Li+]. The first-order chi connectivity index (χ1) is 1.41. The number of hydrogen-bond acceptors (Lipinski definition) is 0. The van der Waals surface area contributed by atoms with Crippen molar-refractivity contribution in [1.82, 2.24) is 0 Å². The van der Waals surface area contributed by atoms with Crippen LogP contribution in [0.5, 0.6) is 0 Å². The van der Waals surface area contributed by atoms with Gasteiger partial charge < -0.3 is 4.39 Å². The minimum absolute atomic E-state index is 0. The van der Waals surface area contributed by atoms with Gasteiger partial charge in [-0.1, -0.05) is 0 Å². The Bertz CT molecular complexity index is 8.00. The van der Waals surface area contributed by atoms with Crippen molar-refractivity contribution in [2.75, 3.05) is 0 Å². The van der Waals surface area contributed by atoms with E-state index in [1.165, 1.54) is 22.6 Å². The van der Waals surface area contributed by atoms with Gasteiger partial charge in [-0.2, -0.15) is 0 Å². The van der Waals surface area contributed by atoms with Crippen LogP contribution in [0.2, 0.25) is 0 Å². The van der Waals surface area contributed by atoms with Crippen LogP contribution in [0, 0.1) is 4.68 Å². The van der Waals surface area contributed by atoms with Crippen molar-refractivity contribution in [3.8, 4) is 0 Å². The molecular weight excluding hydrogens is 165 g/mol. The average molecular weight is 166 g/mol. The van der Waals surface area contributed by atoms with Crippen molar-refractivity contribution in [1.29, 1.82) is 0 Å². The largest absolute Gasteiger partial charge is 1.00 e. The second-order valence-electron chi connectivity index (χ2n) is 0.0825. The normalized spacial score (nSPS) is 4.50. The third kappa shape index (κ3) is 10.5. The molecule has 0 N–H and O–H groups in total. The Kier molecular flexibility index (Phi) is 19.9. The van der Waals surface area contributed by atoms with Crippen LogP contribution in [0.3, 0.4) is 0 Å². The summed E-state index contributed by atoms with van der Waals surface area (Å²) in [6, 6.07) is 0. The van der Waals surface area contributed by atoms with Gasteiger partial charge in [-0.3, -0.25) is 22.6 Å². The van der Waals surface area contributed by atoms with E-state index in [2.05, 4.69) is 0 Å². The molecule has 0 aliphatic rings. The van der Waals surface area contributed by atoms with Crippen molar-refractivity contribution in [2.24, 2.45) is 0 Å². The summed E-state index contributed by atoms with van der Waals surface area (Å²) in [6.07, 6.45) is 0. The topological polar surface area (TPSA) is 0 Å². The Morgan fingerprint density at radius 3 is 1.75 bits per heavy atom. The summed E-state index contributed by atoms with van der Waals surface area (Å²) in [5.41, 5.74) is 0. The maximum atomic E-state index is 10.2. The minimum Gasteiger partial charge on any atom is -0.448 e. The van der Waals surface area contributed by atoms with E-state index in [1.54, 1.807) is 0 Å². The molecule has 3 heteroatoms. The Hall–Kier alpha value is 1.26. The van der Waals surface area contributed by atoms with Crippen molar-refractivity contribution < 1.29 is 23.3 Å². The molecule has 0 bridgehead atoms. The second-order valence-corrected chi connectivity index (χ2v) is 0.553. The molecule has 0 radical (unpaired) electrons. The molecule has 0 aromatic rings. The van der Waals surface area contributed by atoms with E-state index in [1.807, 2.05) is 0 Å². The zero-order valence-corrected chi connectivity index (χ0v) is 4.49. The molecule has 4 heavy (non-hydrogen) atoms. The van der Waals surface area contributed by atoms with Gasteiger partial charge in [0.1, 0.15) is 0 Å². The van der Waals surface area contributed by atoms with Gasteiger partial charge in [0.15, 0.2) is 0 Å². The molecule has 20 valence electrons. The Balaban J connectivity index is 0. The zero-order chi connectivity index (χ0) is 2.71.